The summed E-state index contributed by atoms with van der Waals surface area (Å²) in [4.78, 5) is 19.7. The topological polar surface area (TPSA) is 92.4 Å². The van der Waals surface area contributed by atoms with Crippen molar-refractivity contribution in [2.75, 3.05) is 13.2 Å². The van der Waals surface area contributed by atoms with E-state index in [4.69, 9.17) is 27.9 Å². The molecule has 0 radical (unpaired) electrons. The molecule has 1 fully saturated rings. The molecule has 1 N–H and O–H groups in total. The maximum atomic E-state index is 13.8. The molecule has 1 aliphatic rings. The van der Waals surface area contributed by atoms with Crippen molar-refractivity contribution in [1.82, 2.24) is 14.3 Å². The van der Waals surface area contributed by atoms with E-state index >= 15 is 0 Å². The van der Waals surface area contributed by atoms with Crippen molar-refractivity contribution >= 4 is 44.1 Å². The first-order valence-electron chi connectivity index (χ1n) is 10.2. The molecule has 170 valence electrons. The van der Waals surface area contributed by atoms with Crippen LogP contribution < -0.4 is 5.56 Å². The number of aromatic nitrogens is 2. The zero-order chi connectivity index (χ0) is 23.0. The quantitative estimate of drug-likeness (QED) is 0.552. The van der Waals surface area contributed by atoms with Gasteiger partial charge in [-0.2, -0.15) is 4.31 Å². The van der Waals surface area contributed by atoms with Gasteiger partial charge in [0, 0.05) is 18.2 Å². The Hall–Kier alpha value is -1.97. The number of aryl methyl sites for hydroxylation is 1. The number of aromatic amines is 1. The SMILES string of the molecule is Cc1cc(Cl)c(C)c(S(=O)(=O)N(Cc2nc3ccccc3c(=O)[nH]2)CC2CCCO2)c1Cl. The number of H-pyrrole nitrogens is 1. The van der Waals surface area contributed by atoms with Gasteiger partial charge in [0.05, 0.1) is 28.6 Å². The van der Waals surface area contributed by atoms with Gasteiger partial charge in [0.2, 0.25) is 10.0 Å². The van der Waals surface area contributed by atoms with Crippen LogP contribution in [0.5, 0.6) is 0 Å². The zero-order valence-electron chi connectivity index (χ0n) is 17.7. The van der Waals surface area contributed by atoms with E-state index in [2.05, 4.69) is 9.97 Å². The van der Waals surface area contributed by atoms with Crippen molar-refractivity contribution in [2.24, 2.45) is 0 Å². The summed E-state index contributed by atoms with van der Waals surface area (Å²) in [5.41, 5.74) is 1.11. The Morgan fingerprint density at radius 2 is 2.00 bits per heavy atom. The van der Waals surface area contributed by atoms with Crippen LogP contribution >= 0.6 is 23.2 Å². The Morgan fingerprint density at radius 1 is 1.25 bits per heavy atom. The van der Waals surface area contributed by atoms with Crippen molar-refractivity contribution in [3.63, 3.8) is 0 Å². The molecule has 10 heteroatoms. The molecule has 7 nitrogen and oxygen atoms in total. The number of nitrogens with zero attached hydrogens (tertiary/aromatic N) is 2. The summed E-state index contributed by atoms with van der Waals surface area (Å²) in [7, 11) is -4.08. The lowest BCUT2D eigenvalue weighted by Crippen LogP contribution is -2.38. The maximum absolute atomic E-state index is 13.8. The minimum atomic E-state index is -4.08. The van der Waals surface area contributed by atoms with E-state index in [-0.39, 0.29) is 40.5 Å². The van der Waals surface area contributed by atoms with Gasteiger partial charge in [-0.05, 0) is 56.0 Å². The van der Waals surface area contributed by atoms with Crippen molar-refractivity contribution in [3.8, 4) is 0 Å². The number of sulfonamides is 1. The molecule has 1 atom stereocenters. The summed E-state index contributed by atoms with van der Waals surface area (Å²) in [6.45, 7) is 3.89. The molecular formula is C22H23Cl2N3O4S. The Morgan fingerprint density at radius 3 is 2.72 bits per heavy atom. The molecule has 2 heterocycles. The number of fused-ring (bicyclic) bond motifs is 1. The molecule has 0 spiro atoms. The van der Waals surface area contributed by atoms with Gasteiger partial charge in [-0.25, -0.2) is 13.4 Å². The molecule has 0 saturated carbocycles. The highest BCUT2D eigenvalue weighted by Crippen LogP contribution is 2.36. The Bertz CT molecular complexity index is 1310. The van der Waals surface area contributed by atoms with E-state index in [0.29, 0.717) is 33.7 Å². The van der Waals surface area contributed by atoms with Gasteiger partial charge in [0.1, 0.15) is 10.7 Å². The third kappa shape index (κ3) is 4.43. The lowest BCUT2D eigenvalue weighted by Gasteiger charge is -2.26. The number of nitrogens with one attached hydrogen (secondary N) is 1. The predicted octanol–water partition coefficient (Wildman–Crippen LogP) is 4.22. The fraction of sp³-hybridized carbons (Fsp3) is 0.364. The van der Waals surface area contributed by atoms with Crippen LogP contribution in [0.4, 0.5) is 0 Å². The van der Waals surface area contributed by atoms with E-state index in [9.17, 15) is 13.2 Å². The molecule has 1 aromatic heterocycles. The fourth-order valence-electron chi connectivity index (χ4n) is 3.89. The van der Waals surface area contributed by atoms with Crippen molar-refractivity contribution < 1.29 is 13.2 Å². The lowest BCUT2D eigenvalue weighted by atomic mass is 10.2. The van der Waals surface area contributed by atoms with E-state index in [0.717, 1.165) is 12.8 Å². The number of rotatable bonds is 6. The molecular weight excluding hydrogens is 473 g/mol. The second-order valence-corrected chi connectivity index (χ2v) is 10.6. The number of hydrogen-bond acceptors (Lipinski definition) is 5. The molecule has 32 heavy (non-hydrogen) atoms. The monoisotopic (exact) mass is 495 g/mol. The van der Waals surface area contributed by atoms with Crippen LogP contribution in [0.15, 0.2) is 40.0 Å². The normalized spacial score (nSPS) is 16.8. The highest BCUT2D eigenvalue weighted by Gasteiger charge is 2.33. The minimum absolute atomic E-state index is 0.0368. The molecule has 0 bridgehead atoms. The van der Waals surface area contributed by atoms with Crippen LogP contribution in [0.3, 0.4) is 0 Å². The standard InChI is InChI=1S/C22H23Cl2N3O4S/c1-13-10-17(23)14(2)21(20(13)24)32(29,30)27(11-15-6-5-9-31-15)12-19-25-18-8-4-3-7-16(18)22(28)26-19/h3-4,7-8,10,15H,5-6,9,11-12H2,1-2H3,(H,25,26,28). The predicted molar refractivity (Wildman–Crippen MR) is 125 cm³/mol. The van der Waals surface area contributed by atoms with Crippen LogP contribution in [0.25, 0.3) is 10.9 Å². The van der Waals surface area contributed by atoms with E-state index in [1.165, 1.54) is 4.31 Å². The van der Waals surface area contributed by atoms with Crippen LogP contribution in [0.2, 0.25) is 10.0 Å². The highest BCUT2D eigenvalue weighted by molar-refractivity contribution is 7.89. The molecule has 4 rings (SSSR count). The van der Waals surface area contributed by atoms with Crippen molar-refractivity contribution in [1.29, 1.82) is 0 Å². The van der Waals surface area contributed by atoms with E-state index in [1.54, 1.807) is 44.2 Å². The molecule has 3 aromatic rings. The van der Waals surface area contributed by atoms with Gasteiger partial charge in [-0.1, -0.05) is 35.3 Å². The average Bonchev–Trinajstić information content (AvgIpc) is 3.25. The zero-order valence-corrected chi connectivity index (χ0v) is 20.0. The van der Waals surface area contributed by atoms with Gasteiger partial charge in [0.25, 0.3) is 5.56 Å². The first kappa shape index (κ1) is 23.2. The maximum Gasteiger partial charge on any atom is 0.258 e. The molecule has 1 saturated heterocycles. The first-order chi connectivity index (χ1) is 15.2. The Balaban J connectivity index is 1.80. The number of halogens is 2. The summed E-state index contributed by atoms with van der Waals surface area (Å²) in [5.74, 6) is 0.239. The summed E-state index contributed by atoms with van der Waals surface area (Å²) < 4.78 is 34.6. The van der Waals surface area contributed by atoms with Crippen LogP contribution in [-0.2, 0) is 21.3 Å². The third-order valence-corrected chi connectivity index (χ3v) is 8.58. The summed E-state index contributed by atoms with van der Waals surface area (Å²) in [6.07, 6.45) is 1.35. The number of para-hydroxylation sites is 1. The highest BCUT2D eigenvalue weighted by atomic mass is 35.5. The van der Waals surface area contributed by atoms with Gasteiger partial charge in [-0.15, -0.1) is 0 Å². The minimum Gasteiger partial charge on any atom is -0.377 e. The molecule has 2 aromatic carbocycles. The molecule has 1 unspecified atom stereocenters. The number of hydrogen-bond donors (Lipinski definition) is 1. The second-order valence-electron chi connectivity index (χ2n) is 7.91. The van der Waals surface area contributed by atoms with Gasteiger partial charge >= 0.3 is 0 Å². The molecule has 1 aliphatic heterocycles. The first-order valence-corrected chi connectivity index (χ1v) is 12.4. The van der Waals surface area contributed by atoms with E-state index in [1.807, 2.05) is 0 Å². The Labute approximate surface area is 196 Å². The smallest absolute Gasteiger partial charge is 0.258 e. The van der Waals surface area contributed by atoms with Gasteiger partial charge in [0.15, 0.2) is 0 Å². The summed E-state index contributed by atoms with van der Waals surface area (Å²) in [6, 6.07) is 8.56. The fourth-order valence-corrected chi connectivity index (χ4v) is 6.49. The number of ether oxygens (including phenoxy) is 1. The summed E-state index contributed by atoms with van der Waals surface area (Å²) >= 11 is 12.7. The summed E-state index contributed by atoms with van der Waals surface area (Å²) in [5, 5.41) is 0.887. The van der Waals surface area contributed by atoms with Crippen molar-refractivity contribution in [3.05, 3.63) is 67.7 Å². The van der Waals surface area contributed by atoms with E-state index < -0.39 is 10.0 Å². The molecule has 0 amide bonds. The Kier molecular flexibility index (Phi) is 6.61. The van der Waals surface area contributed by atoms with Crippen LogP contribution in [0, 0.1) is 13.8 Å². The van der Waals surface area contributed by atoms with Crippen LogP contribution in [-0.4, -0.2) is 41.9 Å². The number of benzene rings is 2. The molecule has 0 aliphatic carbocycles. The van der Waals surface area contributed by atoms with Crippen LogP contribution in [0.1, 0.15) is 29.8 Å². The largest absolute Gasteiger partial charge is 0.377 e. The third-order valence-electron chi connectivity index (χ3n) is 5.60. The van der Waals surface area contributed by atoms with Crippen molar-refractivity contribution in [2.45, 2.75) is 44.2 Å². The van der Waals surface area contributed by atoms with Gasteiger partial charge < -0.3 is 9.72 Å². The average molecular weight is 496 g/mol. The second kappa shape index (κ2) is 9.11. The lowest BCUT2D eigenvalue weighted by molar-refractivity contribution is 0.0921. The van der Waals surface area contributed by atoms with Gasteiger partial charge in [-0.3, -0.25) is 4.79 Å².